The molecule has 1 atom stereocenters. The van der Waals surface area contributed by atoms with E-state index in [1.54, 1.807) is 13.8 Å². The SMILES string of the molecule is CC(C)C(CCc1ccccc1)(N[C]=O)C(=O)O. The Morgan fingerprint density at radius 1 is 1.39 bits per heavy atom. The summed E-state index contributed by atoms with van der Waals surface area (Å²) >= 11 is 0. The highest BCUT2D eigenvalue weighted by Crippen LogP contribution is 2.23. The number of carboxylic acids is 1. The predicted octanol–water partition coefficient (Wildman–Crippen LogP) is 1.76. The second-order valence-electron chi connectivity index (χ2n) is 4.64. The zero-order valence-electron chi connectivity index (χ0n) is 10.6. The Bertz CT molecular complexity index is 403. The van der Waals surface area contributed by atoms with E-state index in [0.717, 1.165) is 5.56 Å². The number of rotatable bonds is 7. The van der Waals surface area contributed by atoms with Gasteiger partial charge in [0.25, 0.3) is 0 Å². The number of nitrogens with one attached hydrogen (secondary N) is 1. The van der Waals surface area contributed by atoms with Crippen molar-refractivity contribution in [1.82, 2.24) is 5.32 Å². The Kier molecular flexibility index (Phi) is 4.89. The van der Waals surface area contributed by atoms with Crippen LogP contribution in [-0.2, 0) is 16.0 Å². The van der Waals surface area contributed by atoms with Crippen LogP contribution in [0.3, 0.4) is 0 Å². The van der Waals surface area contributed by atoms with E-state index in [4.69, 9.17) is 0 Å². The Balaban J connectivity index is 2.85. The Labute approximate surface area is 107 Å². The van der Waals surface area contributed by atoms with Crippen LogP contribution in [0.5, 0.6) is 0 Å². The first-order chi connectivity index (χ1) is 8.53. The Morgan fingerprint density at radius 3 is 2.44 bits per heavy atom. The van der Waals surface area contributed by atoms with Gasteiger partial charge in [0.15, 0.2) is 0 Å². The van der Waals surface area contributed by atoms with Crippen molar-refractivity contribution in [2.24, 2.45) is 5.92 Å². The maximum absolute atomic E-state index is 11.4. The van der Waals surface area contributed by atoms with Gasteiger partial charge in [-0.25, -0.2) is 4.79 Å². The second kappa shape index (κ2) is 6.19. The van der Waals surface area contributed by atoms with Gasteiger partial charge in [-0.1, -0.05) is 44.2 Å². The van der Waals surface area contributed by atoms with E-state index in [1.807, 2.05) is 30.3 Å². The van der Waals surface area contributed by atoms with Crippen LogP contribution in [0.15, 0.2) is 30.3 Å². The molecule has 97 valence electrons. The number of aryl methyl sites for hydroxylation is 1. The topological polar surface area (TPSA) is 66.4 Å². The molecule has 0 aliphatic carbocycles. The first-order valence-electron chi connectivity index (χ1n) is 5.94. The molecule has 0 aliphatic rings. The zero-order chi connectivity index (χ0) is 13.6. The summed E-state index contributed by atoms with van der Waals surface area (Å²) in [5, 5.41) is 11.7. The monoisotopic (exact) mass is 248 g/mol. The van der Waals surface area contributed by atoms with Gasteiger partial charge in [-0.15, -0.1) is 0 Å². The van der Waals surface area contributed by atoms with Crippen LogP contribution >= 0.6 is 0 Å². The molecule has 0 aliphatic heterocycles. The van der Waals surface area contributed by atoms with Crippen molar-refractivity contribution in [3.63, 3.8) is 0 Å². The smallest absolute Gasteiger partial charge is 0.329 e. The fourth-order valence-electron chi connectivity index (χ4n) is 1.98. The van der Waals surface area contributed by atoms with Gasteiger partial charge < -0.3 is 10.4 Å². The van der Waals surface area contributed by atoms with Crippen LogP contribution < -0.4 is 5.32 Å². The molecular weight excluding hydrogens is 230 g/mol. The lowest BCUT2D eigenvalue weighted by atomic mass is 9.81. The van der Waals surface area contributed by atoms with Gasteiger partial charge in [0.05, 0.1) is 0 Å². The number of amides is 1. The third-order valence-corrected chi connectivity index (χ3v) is 3.29. The third kappa shape index (κ3) is 3.09. The number of hydrogen-bond acceptors (Lipinski definition) is 2. The van der Waals surface area contributed by atoms with Crippen molar-refractivity contribution in [1.29, 1.82) is 0 Å². The highest BCUT2D eigenvalue weighted by Gasteiger charge is 2.41. The molecule has 0 saturated carbocycles. The van der Waals surface area contributed by atoms with Gasteiger partial charge in [0, 0.05) is 0 Å². The third-order valence-electron chi connectivity index (χ3n) is 3.29. The van der Waals surface area contributed by atoms with Crippen molar-refractivity contribution < 1.29 is 14.7 Å². The van der Waals surface area contributed by atoms with Crippen molar-refractivity contribution in [2.75, 3.05) is 0 Å². The highest BCUT2D eigenvalue weighted by molar-refractivity contribution is 5.82. The second-order valence-corrected chi connectivity index (χ2v) is 4.64. The van der Waals surface area contributed by atoms with Crippen LogP contribution in [0.1, 0.15) is 25.8 Å². The average molecular weight is 248 g/mol. The minimum Gasteiger partial charge on any atom is -0.479 e. The molecule has 0 bridgehead atoms. The van der Waals surface area contributed by atoms with Crippen LogP contribution in [0.4, 0.5) is 0 Å². The molecule has 2 N–H and O–H groups in total. The van der Waals surface area contributed by atoms with E-state index in [2.05, 4.69) is 5.32 Å². The van der Waals surface area contributed by atoms with Crippen LogP contribution in [0.2, 0.25) is 0 Å². The number of aliphatic carboxylic acids is 1. The lowest BCUT2D eigenvalue weighted by Gasteiger charge is -2.32. The molecule has 4 nitrogen and oxygen atoms in total. The molecule has 1 rings (SSSR count). The van der Waals surface area contributed by atoms with E-state index < -0.39 is 11.5 Å². The van der Waals surface area contributed by atoms with E-state index in [1.165, 1.54) is 6.41 Å². The average Bonchev–Trinajstić information content (AvgIpc) is 2.35. The van der Waals surface area contributed by atoms with Gasteiger partial charge in [0.2, 0.25) is 0 Å². The molecule has 0 heterocycles. The van der Waals surface area contributed by atoms with Gasteiger partial charge in [-0.3, -0.25) is 4.79 Å². The van der Waals surface area contributed by atoms with E-state index >= 15 is 0 Å². The quantitative estimate of drug-likeness (QED) is 0.722. The molecule has 0 spiro atoms. The summed E-state index contributed by atoms with van der Waals surface area (Å²) in [6.07, 6.45) is 2.47. The largest absolute Gasteiger partial charge is 0.479 e. The van der Waals surface area contributed by atoms with E-state index in [0.29, 0.717) is 12.8 Å². The molecule has 1 amide bonds. The summed E-state index contributed by atoms with van der Waals surface area (Å²) in [5.41, 5.74) is -0.200. The molecule has 1 unspecified atom stereocenters. The van der Waals surface area contributed by atoms with Crippen molar-refractivity contribution in [3.8, 4) is 0 Å². The maximum Gasteiger partial charge on any atom is 0.329 e. The molecular formula is C14H18NO3. The van der Waals surface area contributed by atoms with Gasteiger partial charge >= 0.3 is 12.4 Å². The lowest BCUT2D eigenvalue weighted by molar-refractivity contribution is -0.146. The predicted molar refractivity (Wildman–Crippen MR) is 68.8 cm³/mol. The number of carboxylic acid groups (broad SMARTS) is 1. The number of carbonyl (C=O) groups excluding carboxylic acids is 1. The summed E-state index contributed by atoms with van der Waals surface area (Å²) in [6.45, 7) is 3.56. The summed E-state index contributed by atoms with van der Waals surface area (Å²) in [6, 6.07) is 9.61. The zero-order valence-corrected chi connectivity index (χ0v) is 10.6. The van der Waals surface area contributed by atoms with Crippen molar-refractivity contribution in [2.45, 2.75) is 32.2 Å². The molecule has 1 radical (unpaired) electrons. The Morgan fingerprint density at radius 2 is 2.00 bits per heavy atom. The first kappa shape index (κ1) is 14.2. The summed E-state index contributed by atoms with van der Waals surface area (Å²) in [4.78, 5) is 22.0. The van der Waals surface area contributed by atoms with Crippen molar-refractivity contribution >= 4 is 12.4 Å². The minimum absolute atomic E-state index is 0.208. The van der Waals surface area contributed by atoms with E-state index in [-0.39, 0.29) is 5.92 Å². The fourth-order valence-corrected chi connectivity index (χ4v) is 1.98. The lowest BCUT2D eigenvalue weighted by Crippen LogP contribution is -2.55. The molecule has 0 aromatic heterocycles. The summed E-state index contributed by atoms with van der Waals surface area (Å²) < 4.78 is 0. The minimum atomic E-state index is -1.25. The molecule has 1 aromatic rings. The molecule has 0 fully saturated rings. The van der Waals surface area contributed by atoms with Crippen molar-refractivity contribution in [3.05, 3.63) is 35.9 Å². The molecule has 4 heteroatoms. The Hall–Kier alpha value is -1.84. The van der Waals surface area contributed by atoms with Gasteiger partial charge in [-0.2, -0.15) is 0 Å². The first-order valence-corrected chi connectivity index (χ1v) is 5.94. The summed E-state index contributed by atoms with van der Waals surface area (Å²) in [5.74, 6) is -1.23. The number of benzene rings is 1. The standard InChI is InChI=1S/C14H18NO3/c1-11(2)14(13(17)18,15-10-16)9-8-12-6-4-3-5-7-12/h3-7,11H,8-9H2,1-2H3,(H,15,16)(H,17,18). The normalized spacial score (nSPS) is 13.9. The van der Waals surface area contributed by atoms with Gasteiger partial charge in [-0.05, 0) is 24.3 Å². The maximum atomic E-state index is 11.4. The number of carbonyl (C=O) groups is 1. The highest BCUT2D eigenvalue weighted by atomic mass is 16.4. The molecule has 1 aromatic carbocycles. The van der Waals surface area contributed by atoms with Crippen LogP contribution in [0.25, 0.3) is 0 Å². The van der Waals surface area contributed by atoms with Gasteiger partial charge in [0.1, 0.15) is 5.54 Å². The fraction of sp³-hybridized carbons (Fsp3) is 0.429. The van der Waals surface area contributed by atoms with Crippen LogP contribution in [0, 0.1) is 5.92 Å². The summed E-state index contributed by atoms with van der Waals surface area (Å²) in [7, 11) is 0. The number of hydrogen-bond donors (Lipinski definition) is 2. The molecule has 0 saturated heterocycles. The van der Waals surface area contributed by atoms with Crippen LogP contribution in [-0.4, -0.2) is 23.0 Å². The van der Waals surface area contributed by atoms with E-state index in [9.17, 15) is 14.7 Å². The molecule has 18 heavy (non-hydrogen) atoms.